The van der Waals surface area contributed by atoms with E-state index in [1.807, 2.05) is 6.07 Å². The number of hydrogen-bond donors (Lipinski definition) is 1. The van der Waals surface area contributed by atoms with E-state index in [1.54, 1.807) is 54.6 Å². The maximum absolute atomic E-state index is 13.0. The second kappa shape index (κ2) is 9.60. The Morgan fingerprint density at radius 3 is 2.37 bits per heavy atom. The maximum atomic E-state index is 13.0. The molecule has 0 saturated carbocycles. The molecule has 3 rings (SSSR count). The van der Waals surface area contributed by atoms with Crippen LogP contribution in [0.2, 0.25) is 0 Å². The summed E-state index contributed by atoms with van der Waals surface area (Å²) < 4.78 is 41.4. The van der Waals surface area contributed by atoms with Crippen molar-refractivity contribution in [2.75, 3.05) is 26.1 Å². The molecule has 30 heavy (non-hydrogen) atoms. The lowest BCUT2D eigenvalue weighted by molar-refractivity contribution is -0.142. The largest absolute Gasteiger partial charge is 0.491 e. The zero-order chi connectivity index (χ0) is 21.6. The molecule has 0 spiro atoms. The minimum Gasteiger partial charge on any atom is -0.491 e. The van der Waals surface area contributed by atoms with E-state index in [-0.39, 0.29) is 18.1 Å². The van der Waals surface area contributed by atoms with E-state index in [2.05, 4.69) is 4.74 Å². The number of esters is 1. The van der Waals surface area contributed by atoms with Gasteiger partial charge in [-0.2, -0.15) is 0 Å². The van der Waals surface area contributed by atoms with Gasteiger partial charge in [0.25, 0.3) is 0 Å². The highest BCUT2D eigenvalue weighted by Gasteiger charge is 2.23. The summed E-state index contributed by atoms with van der Waals surface area (Å²) in [7, 11) is -2.56. The molecule has 158 valence electrons. The van der Waals surface area contributed by atoms with Crippen LogP contribution >= 0.6 is 0 Å². The Morgan fingerprint density at radius 2 is 1.63 bits per heavy atom. The van der Waals surface area contributed by atoms with Crippen LogP contribution in [0.1, 0.15) is 0 Å². The molecule has 1 atom stereocenters. The molecule has 0 aliphatic carbocycles. The van der Waals surface area contributed by atoms with Crippen LogP contribution < -0.4 is 9.47 Å². The van der Waals surface area contributed by atoms with Crippen LogP contribution in [0.25, 0.3) is 10.8 Å². The molecule has 0 bridgehead atoms. The predicted octanol–water partition coefficient (Wildman–Crippen LogP) is 2.61. The molecule has 0 aromatic heterocycles. The summed E-state index contributed by atoms with van der Waals surface area (Å²) in [6, 6.07) is 18.6. The van der Waals surface area contributed by atoms with Crippen LogP contribution in [0, 0.1) is 0 Å². The molecule has 0 aliphatic heterocycles. The molecule has 0 radical (unpaired) electrons. The summed E-state index contributed by atoms with van der Waals surface area (Å²) >= 11 is 0. The van der Waals surface area contributed by atoms with E-state index in [1.165, 1.54) is 13.2 Å². The number of hydrogen-bond acceptors (Lipinski definition) is 7. The molecule has 3 aromatic carbocycles. The molecule has 8 heteroatoms. The first-order valence-electron chi connectivity index (χ1n) is 9.21. The van der Waals surface area contributed by atoms with Gasteiger partial charge in [-0.05, 0) is 24.3 Å². The third kappa shape index (κ3) is 5.28. The van der Waals surface area contributed by atoms with Crippen LogP contribution in [0.3, 0.4) is 0 Å². The highest BCUT2D eigenvalue weighted by atomic mass is 32.2. The number of para-hydroxylation sites is 1. The molecule has 7 nitrogen and oxygen atoms in total. The summed E-state index contributed by atoms with van der Waals surface area (Å²) in [6.45, 7) is -0.441. The van der Waals surface area contributed by atoms with Crippen LogP contribution in [0.5, 0.6) is 11.5 Å². The van der Waals surface area contributed by atoms with Crippen molar-refractivity contribution in [3.8, 4) is 11.5 Å². The molecule has 0 saturated heterocycles. The van der Waals surface area contributed by atoms with Crippen molar-refractivity contribution in [1.29, 1.82) is 0 Å². The fourth-order valence-electron chi connectivity index (χ4n) is 2.95. The number of aliphatic hydroxyl groups excluding tert-OH is 1. The zero-order valence-electron chi connectivity index (χ0n) is 16.4. The minimum atomic E-state index is -3.82. The van der Waals surface area contributed by atoms with Gasteiger partial charge in [0.15, 0.2) is 16.4 Å². The summed E-state index contributed by atoms with van der Waals surface area (Å²) in [5, 5.41) is 11.2. The van der Waals surface area contributed by atoms with Crippen LogP contribution in [-0.2, 0) is 19.4 Å². The first kappa shape index (κ1) is 21.6. The molecule has 3 aromatic rings. The quantitative estimate of drug-likeness (QED) is 0.521. The monoisotopic (exact) mass is 430 g/mol. The number of fused-ring (bicyclic) bond motifs is 1. The Balaban J connectivity index is 1.79. The van der Waals surface area contributed by atoms with Gasteiger partial charge in [-0.3, -0.25) is 0 Å². The number of benzene rings is 3. The normalized spacial score (nSPS) is 12.3. The molecule has 1 unspecified atom stereocenters. The number of carbonyl (C=O) groups is 1. The lowest BCUT2D eigenvalue weighted by Crippen LogP contribution is -2.27. The summed E-state index contributed by atoms with van der Waals surface area (Å²) in [5.41, 5.74) is 0. The highest BCUT2D eigenvalue weighted by Crippen LogP contribution is 2.31. The smallest absolute Gasteiger partial charge is 0.343 e. The van der Waals surface area contributed by atoms with Gasteiger partial charge in [0.1, 0.15) is 24.2 Å². The summed E-state index contributed by atoms with van der Waals surface area (Å²) in [4.78, 5) is 11.4. The van der Waals surface area contributed by atoms with Gasteiger partial charge in [-0.15, -0.1) is 0 Å². The SMILES string of the molecule is COC(=O)COc1cccc2c(S(=O)(=O)CC(O)COc3ccccc3)cccc12. The molecule has 0 heterocycles. The van der Waals surface area contributed by atoms with Crippen LogP contribution in [-0.4, -0.2) is 51.7 Å². The minimum absolute atomic E-state index is 0.0716. The fraction of sp³-hybridized carbons (Fsp3) is 0.227. The third-order valence-electron chi connectivity index (χ3n) is 4.35. The van der Waals surface area contributed by atoms with Crippen molar-refractivity contribution >= 4 is 26.6 Å². The second-order valence-corrected chi connectivity index (χ2v) is 8.53. The lowest BCUT2D eigenvalue weighted by atomic mass is 10.1. The zero-order valence-corrected chi connectivity index (χ0v) is 17.2. The van der Waals surface area contributed by atoms with Crippen LogP contribution in [0.15, 0.2) is 71.6 Å². The predicted molar refractivity (Wildman–Crippen MR) is 111 cm³/mol. The van der Waals surface area contributed by atoms with Crippen molar-refractivity contribution < 1.29 is 32.5 Å². The molecule has 1 N–H and O–H groups in total. The average molecular weight is 430 g/mol. The molecular weight excluding hydrogens is 408 g/mol. The second-order valence-electron chi connectivity index (χ2n) is 6.53. The van der Waals surface area contributed by atoms with E-state index < -0.39 is 27.7 Å². The van der Waals surface area contributed by atoms with Crippen molar-refractivity contribution in [1.82, 2.24) is 0 Å². The van der Waals surface area contributed by atoms with Gasteiger partial charge in [0.05, 0.1) is 17.8 Å². The van der Waals surface area contributed by atoms with Gasteiger partial charge in [0, 0.05) is 10.8 Å². The number of carbonyl (C=O) groups excluding carboxylic acids is 1. The van der Waals surface area contributed by atoms with E-state index in [4.69, 9.17) is 9.47 Å². The van der Waals surface area contributed by atoms with Crippen molar-refractivity contribution in [2.24, 2.45) is 0 Å². The van der Waals surface area contributed by atoms with Crippen LogP contribution in [0.4, 0.5) is 0 Å². The van der Waals surface area contributed by atoms with Gasteiger partial charge < -0.3 is 19.3 Å². The Morgan fingerprint density at radius 1 is 0.933 bits per heavy atom. The van der Waals surface area contributed by atoms with Gasteiger partial charge in [-0.25, -0.2) is 13.2 Å². The summed E-state index contributed by atoms with van der Waals surface area (Å²) in [5.74, 6) is -0.127. The first-order valence-corrected chi connectivity index (χ1v) is 10.9. The van der Waals surface area contributed by atoms with E-state index in [0.29, 0.717) is 22.3 Å². The standard InChI is InChI=1S/C22H22O7S/c1-27-22(24)14-29-20-11-5-10-19-18(20)9-6-12-21(19)30(25,26)15-16(23)13-28-17-7-3-2-4-8-17/h2-12,16,23H,13-15H2,1H3. The van der Waals surface area contributed by atoms with Crippen molar-refractivity contribution in [3.05, 3.63) is 66.7 Å². The number of sulfone groups is 1. The third-order valence-corrected chi connectivity index (χ3v) is 6.20. The molecule has 0 aliphatic rings. The number of rotatable bonds is 9. The van der Waals surface area contributed by atoms with E-state index in [9.17, 15) is 18.3 Å². The maximum Gasteiger partial charge on any atom is 0.343 e. The molecule has 0 fully saturated rings. The Labute approximate surface area is 174 Å². The first-order chi connectivity index (χ1) is 14.4. The van der Waals surface area contributed by atoms with Crippen molar-refractivity contribution in [2.45, 2.75) is 11.0 Å². The topological polar surface area (TPSA) is 99.1 Å². The molecular formula is C22H22O7S. The van der Waals surface area contributed by atoms with Gasteiger partial charge in [0.2, 0.25) is 0 Å². The van der Waals surface area contributed by atoms with Crippen molar-refractivity contribution in [3.63, 3.8) is 0 Å². The Hall–Kier alpha value is -3.10. The number of aliphatic hydroxyl groups is 1. The average Bonchev–Trinajstić information content (AvgIpc) is 2.76. The van der Waals surface area contributed by atoms with E-state index >= 15 is 0 Å². The number of methoxy groups -OCH3 is 1. The summed E-state index contributed by atoms with van der Waals surface area (Å²) in [6.07, 6.45) is -1.20. The Bertz CT molecular complexity index is 1110. The van der Waals surface area contributed by atoms with Gasteiger partial charge in [-0.1, -0.05) is 42.5 Å². The molecule has 0 amide bonds. The lowest BCUT2D eigenvalue weighted by Gasteiger charge is -2.15. The van der Waals surface area contributed by atoms with Gasteiger partial charge >= 0.3 is 5.97 Å². The fourth-order valence-corrected chi connectivity index (χ4v) is 4.53. The number of ether oxygens (including phenoxy) is 3. The van der Waals surface area contributed by atoms with E-state index in [0.717, 1.165) is 0 Å². The highest BCUT2D eigenvalue weighted by molar-refractivity contribution is 7.91. The Kier molecular flexibility index (Phi) is 6.91.